The van der Waals surface area contributed by atoms with Crippen molar-refractivity contribution in [3.8, 4) is 11.6 Å². The molecule has 13 heteroatoms. The minimum atomic E-state index is -4.57. The molecule has 2 aromatic carbocycles. The Balaban J connectivity index is 1.39. The topological polar surface area (TPSA) is 86.1 Å². The van der Waals surface area contributed by atoms with Crippen molar-refractivity contribution >= 4 is 39.9 Å². The summed E-state index contributed by atoms with van der Waals surface area (Å²) in [4.78, 5) is 29.2. The monoisotopic (exact) mass is 576 g/mol. The number of methoxy groups -OCH3 is 2. The minimum absolute atomic E-state index is 0.0233. The van der Waals surface area contributed by atoms with Gasteiger partial charge in [-0.15, -0.1) is 5.10 Å². The number of hydrogen-bond acceptors (Lipinski definition) is 8. The molecule has 2 fully saturated rings. The Labute approximate surface area is 232 Å². The molecule has 0 aliphatic carbocycles. The Kier molecular flexibility index (Phi) is 8.06. The van der Waals surface area contributed by atoms with Crippen molar-refractivity contribution in [2.75, 3.05) is 53.6 Å². The molecular weight excluding hydrogens is 549 g/mol. The van der Waals surface area contributed by atoms with Crippen LogP contribution in [0.1, 0.15) is 16.7 Å². The molecule has 0 bridgehead atoms. The van der Waals surface area contributed by atoms with Crippen LogP contribution in [0.15, 0.2) is 41.3 Å². The summed E-state index contributed by atoms with van der Waals surface area (Å²) in [5.74, 6) is -0.0229. The van der Waals surface area contributed by atoms with E-state index in [4.69, 9.17) is 14.2 Å². The molecule has 3 heterocycles. The highest BCUT2D eigenvalue weighted by atomic mass is 32.2. The van der Waals surface area contributed by atoms with E-state index in [1.54, 1.807) is 24.3 Å². The largest absolute Gasteiger partial charge is 0.497 e. The Morgan fingerprint density at radius 1 is 1.05 bits per heavy atom. The number of ether oxygens (including phenoxy) is 3. The second kappa shape index (κ2) is 11.5. The van der Waals surface area contributed by atoms with Gasteiger partial charge in [0.15, 0.2) is 0 Å². The summed E-state index contributed by atoms with van der Waals surface area (Å²) in [6.07, 6.45) is -2.95. The summed E-state index contributed by atoms with van der Waals surface area (Å²) < 4.78 is 58.4. The third-order valence-electron chi connectivity index (χ3n) is 6.79. The maximum absolute atomic E-state index is 13.7. The van der Waals surface area contributed by atoms with Crippen LogP contribution >= 0.6 is 11.8 Å². The Morgan fingerprint density at radius 2 is 1.82 bits per heavy atom. The van der Waals surface area contributed by atoms with E-state index in [9.17, 15) is 22.8 Å². The van der Waals surface area contributed by atoms with Crippen LogP contribution in [0.3, 0.4) is 0 Å². The van der Waals surface area contributed by atoms with Crippen molar-refractivity contribution < 1.29 is 37.0 Å². The first-order valence-electron chi connectivity index (χ1n) is 12.5. The van der Waals surface area contributed by atoms with E-state index < -0.39 is 11.7 Å². The molecule has 3 aromatic rings. The fourth-order valence-corrected chi connectivity index (χ4v) is 5.55. The lowest BCUT2D eigenvalue weighted by molar-refractivity contribution is -0.138. The van der Waals surface area contributed by atoms with Crippen molar-refractivity contribution in [1.82, 2.24) is 19.6 Å². The number of hydrogen-bond donors (Lipinski definition) is 0. The molecule has 212 valence electrons. The standard InChI is InChI=1S/C27H27F3N4O5S/c1-37-19-5-4-18(21(15-19)27(28,29)30)16-34-22-6-3-17(13-20(22)24(31-34)38-2)14-23-25(35)33(26(36)40-23)8-7-32-9-11-39-12-10-32/h3-6,13-15H,7-12,16H2,1-2H3/b23-14-. The number of amides is 2. The first-order chi connectivity index (χ1) is 19.2. The Morgan fingerprint density at radius 3 is 2.52 bits per heavy atom. The molecule has 0 atom stereocenters. The van der Waals surface area contributed by atoms with Crippen molar-refractivity contribution in [1.29, 1.82) is 0 Å². The van der Waals surface area contributed by atoms with Crippen molar-refractivity contribution in [3.63, 3.8) is 0 Å². The maximum atomic E-state index is 13.7. The lowest BCUT2D eigenvalue weighted by Gasteiger charge is -2.27. The molecule has 0 unspecified atom stereocenters. The van der Waals surface area contributed by atoms with Gasteiger partial charge in [0.1, 0.15) is 5.75 Å². The molecule has 2 aliphatic rings. The summed E-state index contributed by atoms with van der Waals surface area (Å²) in [6, 6.07) is 8.96. The van der Waals surface area contributed by atoms with Crippen molar-refractivity contribution in [2.45, 2.75) is 12.7 Å². The second-order valence-corrected chi connectivity index (χ2v) is 10.2. The fourth-order valence-electron chi connectivity index (χ4n) is 4.68. The number of carbonyl (C=O) groups excluding carboxylic acids is 2. The summed E-state index contributed by atoms with van der Waals surface area (Å²) in [5.41, 5.74) is 0.395. The average molecular weight is 577 g/mol. The lowest BCUT2D eigenvalue weighted by atomic mass is 10.1. The van der Waals surface area contributed by atoms with E-state index >= 15 is 0 Å². The Hall–Kier alpha value is -3.55. The molecule has 1 aromatic heterocycles. The van der Waals surface area contributed by atoms with E-state index in [0.29, 0.717) is 47.7 Å². The number of benzene rings is 2. The third-order valence-corrected chi connectivity index (χ3v) is 7.70. The number of fused-ring (bicyclic) bond motifs is 1. The predicted molar refractivity (Wildman–Crippen MR) is 143 cm³/mol. The zero-order valence-corrected chi connectivity index (χ0v) is 22.7. The fraction of sp³-hybridized carbons (Fsp3) is 0.370. The normalized spacial score (nSPS) is 17.8. The molecular formula is C27H27F3N4O5S. The van der Waals surface area contributed by atoms with Gasteiger partial charge in [-0.3, -0.25) is 24.1 Å². The molecule has 2 amide bonds. The number of nitrogens with zero attached hydrogens (tertiary/aromatic N) is 4. The van der Waals surface area contributed by atoms with E-state index in [0.717, 1.165) is 30.9 Å². The summed E-state index contributed by atoms with van der Waals surface area (Å²) in [7, 11) is 2.73. The van der Waals surface area contributed by atoms with Crippen molar-refractivity contribution in [3.05, 3.63) is 58.0 Å². The van der Waals surface area contributed by atoms with Crippen LogP contribution in [0.25, 0.3) is 17.0 Å². The second-order valence-electron chi connectivity index (χ2n) is 9.25. The number of aromatic nitrogens is 2. The van der Waals surface area contributed by atoms with Crippen molar-refractivity contribution in [2.24, 2.45) is 0 Å². The number of morpholine rings is 1. The average Bonchev–Trinajstić information content (AvgIpc) is 3.42. The number of halogens is 3. The highest BCUT2D eigenvalue weighted by Crippen LogP contribution is 2.37. The van der Waals surface area contributed by atoms with Gasteiger partial charge < -0.3 is 14.2 Å². The van der Waals surface area contributed by atoms with Crippen LogP contribution < -0.4 is 9.47 Å². The van der Waals surface area contributed by atoms with Crippen LogP contribution in [-0.4, -0.2) is 84.3 Å². The van der Waals surface area contributed by atoms with E-state index in [1.165, 1.54) is 35.9 Å². The smallest absolute Gasteiger partial charge is 0.416 e. The van der Waals surface area contributed by atoms with Crippen LogP contribution in [-0.2, 0) is 22.3 Å². The van der Waals surface area contributed by atoms with Gasteiger partial charge in [-0.1, -0.05) is 12.1 Å². The summed E-state index contributed by atoms with van der Waals surface area (Å²) in [6.45, 7) is 3.52. The zero-order valence-electron chi connectivity index (χ0n) is 21.9. The number of carbonyl (C=O) groups is 2. The highest BCUT2D eigenvalue weighted by molar-refractivity contribution is 8.18. The van der Waals surface area contributed by atoms with Crippen LogP contribution in [0.2, 0.25) is 0 Å². The molecule has 0 spiro atoms. The number of imide groups is 1. The zero-order chi connectivity index (χ0) is 28.4. The molecule has 40 heavy (non-hydrogen) atoms. The summed E-state index contributed by atoms with van der Waals surface area (Å²) >= 11 is 0.879. The van der Waals surface area contributed by atoms with E-state index in [-0.39, 0.29) is 34.9 Å². The SMILES string of the molecule is COc1ccc(Cn2nc(OC)c3cc(/C=C4\SC(=O)N(CCN5CCOCC5)C4=O)ccc32)c(C(F)(F)F)c1. The van der Waals surface area contributed by atoms with Crippen LogP contribution in [0, 0.1) is 0 Å². The third kappa shape index (κ3) is 5.81. The lowest BCUT2D eigenvalue weighted by Crippen LogP contribution is -2.42. The number of alkyl halides is 3. The Bertz CT molecular complexity index is 1470. The quantitative estimate of drug-likeness (QED) is 0.363. The van der Waals surface area contributed by atoms with Gasteiger partial charge >= 0.3 is 6.18 Å². The minimum Gasteiger partial charge on any atom is -0.497 e. The van der Waals surface area contributed by atoms with Gasteiger partial charge in [0.25, 0.3) is 11.1 Å². The van der Waals surface area contributed by atoms with Gasteiger partial charge in [0.05, 0.1) is 55.3 Å². The van der Waals surface area contributed by atoms with Crippen LogP contribution in [0.4, 0.5) is 18.0 Å². The molecule has 5 rings (SSSR count). The molecule has 0 N–H and O–H groups in total. The molecule has 9 nitrogen and oxygen atoms in total. The molecule has 2 aliphatic heterocycles. The predicted octanol–water partition coefficient (Wildman–Crippen LogP) is 4.49. The number of thioether (sulfide) groups is 1. The van der Waals surface area contributed by atoms with Gasteiger partial charge in [0.2, 0.25) is 5.88 Å². The van der Waals surface area contributed by atoms with Gasteiger partial charge in [-0.25, -0.2) is 0 Å². The van der Waals surface area contributed by atoms with Gasteiger partial charge in [0, 0.05) is 26.2 Å². The first-order valence-corrected chi connectivity index (χ1v) is 13.3. The molecule has 0 radical (unpaired) electrons. The van der Waals surface area contributed by atoms with Gasteiger partial charge in [-0.2, -0.15) is 13.2 Å². The molecule has 2 saturated heterocycles. The van der Waals surface area contributed by atoms with Gasteiger partial charge in [-0.05, 0) is 53.2 Å². The van der Waals surface area contributed by atoms with E-state index in [1.807, 2.05) is 0 Å². The maximum Gasteiger partial charge on any atom is 0.416 e. The van der Waals surface area contributed by atoms with Crippen LogP contribution in [0.5, 0.6) is 11.6 Å². The summed E-state index contributed by atoms with van der Waals surface area (Å²) in [5, 5.41) is 4.61. The first kappa shape index (κ1) is 28.0. The number of rotatable bonds is 8. The highest BCUT2D eigenvalue weighted by Gasteiger charge is 2.36. The van der Waals surface area contributed by atoms with E-state index in [2.05, 4.69) is 10.00 Å². The molecule has 0 saturated carbocycles.